The number of benzene rings is 1. The van der Waals surface area contributed by atoms with Gasteiger partial charge in [0, 0.05) is 10.2 Å². The molecule has 3 amide bonds. The number of ether oxygens (including phenoxy) is 1. The van der Waals surface area contributed by atoms with Crippen LogP contribution in [0.4, 0.5) is 5.69 Å². The molecule has 1 aliphatic heterocycles. The van der Waals surface area contributed by atoms with E-state index in [4.69, 9.17) is 16.3 Å². The number of imide groups is 1. The third-order valence-corrected chi connectivity index (χ3v) is 7.57. The number of halogens is 2. The number of nitrogens with zero attached hydrogens (tertiary/aromatic N) is 1. The lowest BCUT2D eigenvalue weighted by Crippen LogP contribution is -2.45. The molecule has 0 radical (unpaired) electrons. The SMILES string of the molecule is Cc1c(NC(=O)COC(=O)[C@H](C)N2C(=O)[C@@H]3[C@H](C2=O)[C@H]2C=C[C@H]3C2)ccc(Br)c1Cl. The Bertz CT molecular complexity index is 964. The first-order valence-electron chi connectivity index (χ1n) is 9.67. The second-order valence-corrected chi connectivity index (χ2v) is 9.14. The normalized spacial score (nSPS) is 27.4. The summed E-state index contributed by atoms with van der Waals surface area (Å²) in [7, 11) is 0. The molecule has 0 aromatic heterocycles. The summed E-state index contributed by atoms with van der Waals surface area (Å²) in [5.74, 6) is -2.61. The highest BCUT2D eigenvalue weighted by Gasteiger charge is 2.60. The van der Waals surface area contributed by atoms with E-state index >= 15 is 0 Å². The maximum Gasteiger partial charge on any atom is 0.329 e. The minimum atomic E-state index is -1.08. The molecule has 158 valence electrons. The number of carbonyl (C=O) groups is 4. The Kier molecular flexibility index (Phi) is 5.48. The van der Waals surface area contributed by atoms with E-state index in [0.29, 0.717) is 20.7 Å². The van der Waals surface area contributed by atoms with Crippen LogP contribution in [0.3, 0.4) is 0 Å². The topological polar surface area (TPSA) is 92.8 Å². The lowest BCUT2D eigenvalue weighted by Gasteiger charge is -2.23. The highest BCUT2D eigenvalue weighted by Crippen LogP contribution is 2.52. The molecular formula is C21H20BrClN2O5. The molecule has 0 spiro atoms. The Morgan fingerprint density at radius 3 is 2.43 bits per heavy atom. The zero-order valence-electron chi connectivity index (χ0n) is 16.4. The number of likely N-dealkylation sites (tertiary alicyclic amines) is 1. The first-order chi connectivity index (χ1) is 14.2. The van der Waals surface area contributed by atoms with Crippen molar-refractivity contribution in [1.82, 2.24) is 4.90 Å². The second-order valence-electron chi connectivity index (χ2n) is 7.91. The number of fused-ring (bicyclic) bond motifs is 5. The van der Waals surface area contributed by atoms with Crippen LogP contribution in [0.1, 0.15) is 18.9 Å². The summed E-state index contributed by atoms with van der Waals surface area (Å²) in [5.41, 5.74) is 1.17. The molecule has 0 unspecified atom stereocenters. The molecule has 1 N–H and O–H groups in total. The van der Waals surface area contributed by atoms with Crippen molar-refractivity contribution >= 4 is 56.9 Å². The van der Waals surface area contributed by atoms with Crippen LogP contribution < -0.4 is 5.32 Å². The van der Waals surface area contributed by atoms with Crippen LogP contribution >= 0.6 is 27.5 Å². The summed E-state index contributed by atoms with van der Waals surface area (Å²) in [6.07, 6.45) is 4.80. The highest BCUT2D eigenvalue weighted by atomic mass is 79.9. The molecule has 1 heterocycles. The summed E-state index contributed by atoms with van der Waals surface area (Å²) < 4.78 is 5.78. The van der Waals surface area contributed by atoms with Gasteiger partial charge in [-0.15, -0.1) is 0 Å². The number of nitrogens with one attached hydrogen (secondary N) is 1. The molecule has 3 aliphatic rings. The number of esters is 1. The Balaban J connectivity index is 1.35. The molecular weight excluding hydrogens is 476 g/mol. The van der Waals surface area contributed by atoms with Crippen LogP contribution in [0, 0.1) is 30.6 Å². The van der Waals surface area contributed by atoms with Crippen molar-refractivity contribution in [2.24, 2.45) is 23.7 Å². The number of amides is 3. The second kappa shape index (κ2) is 7.81. The molecule has 5 atom stereocenters. The molecule has 30 heavy (non-hydrogen) atoms. The maximum atomic E-state index is 12.8. The van der Waals surface area contributed by atoms with E-state index in [-0.39, 0.29) is 35.5 Å². The zero-order chi connectivity index (χ0) is 21.7. The van der Waals surface area contributed by atoms with Gasteiger partial charge in [0.05, 0.1) is 16.9 Å². The van der Waals surface area contributed by atoms with Gasteiger partial charge in [0.15, 0.2) is 6.61 Å². The molecule has 1 saturated carbocycles. The third-order valence-electron chi connectivity index (χ3n) is 6.19. The fraction of sp³-hybridized carbons (Fsp3) is 0.429. The van der Waals surface area contributed by atoms with Crippen molar-refractivity contribution in [2.75, 3.05) is 11.9 Å². The quantitative estimate of drug-likeness (QED) is 0.385. The summed E-state index contributed by atoms with van der Waals surface area (Å²) >= 11 is 9.45. The van der Waals surface area contributed by atoms with Gasteiger partial charge >= 0.3 is 5.97 Å². The van der Waals surface area contributed by atoms with Crippen molar-refractivity contribution in [3.8, 4) is 0 Å². The lowest BCUT2D eigenvalue weighted by atomic mass is 9.85. The van der Waals surface area contributed by atoms with Gasteiger partial charge in [0.25, 0.3) is 5.91 Å². The highest BCUT2D eigenvalue weighted by molar-refractivity contribution is 9.10. The molecule has 2 aliphatic carbocycles. The molecule has 1 aromatic carbocycles. The first kappa shape index (κ1) is 21.1. The molecule has 9 heteroatoms. The summed E-state index contributed by atoms with van der Waals surface area (Å²) in [6.45, 7) is 2.66. The maximum absolute atomic E-state index is 12.8. The van der Waals surface area contributed by atoms with Crippen molar-refractivity contribution < 1.29 is 23.9 Å². The molecule has 2 bridgehead atoms. The summed E-state index contributed by atoms with van der Waals surface area (Å²) in [5, 5.41) is 3.11. The first-order valence-corrected chi connectivity index (χ1v) is 10.8. The van der Waals surface area contributed by atoms with Crippen molar-refractivity contribution in [2.45, 2.75) is 26.3 Å². The van der Waals surface area contributed by atoms with Gasteiger partial charge < -0.3 is 10.1 Å². The number of rotatable bonds is 5. The van der Waals surface area contributed by atoms with Gasteiger partial charge in [-0.3, -0.25) is 19.3 Å². The van der Waals surface area contributed by atoms with Crippen LogP contribution in [0.2, 0.25) is 5.02 Å². The fourth-order valence-electron chi connectivity index (χ4n) is 4.64. The van der Waals surface area contributed by atoms with Gasteiger partial charge in [-0.1, -0.05) is 23.8 Å². The Morgan fingerprint density at radius 2 is 1.83 bits per heavy atom. The van der Waals surface area contributed by atoms with Crippen molar-refractivity contribution in [1.29, 1.82) is 0 Å². The van der Waals surface area contributed by atoms with Crippen LogP contribution in [-0.4, -0.2) is 41.2 Å². The number of carbonyl (C=O) groups excluding carboxylic acids is 4. The number of anilines is 1. The Morgan fingerprint density at radius 1 is 1.23 bits per heavy atom. The van der Waals surface area contributed by atoms with Gasteiger partial charge in [0.2, 0.25) is 11.8 Å². The molecule has 4 rings (SSSR count). The van der Waals surface area contributed by atoms with E-state index < -0.39 is 24.5 Å². The average Bonchev–Trinajstić information content (AvgIpc) is 3.40. The van der Waals surface area contributed by atoms with Crippen LogP contribution in [-0.2, 0) is 23.9 Å². The predicted octanol–water partition coefficient (Wildman–Crippen LogP) is 3.09. The average molecular weight is 496 g/mol. The van der Waals surface area contributed by atoms with E-state index in [1.54, 1.807) is 19.1 Å². The molecule has 1 saturated heterocycles. The lowest BCUT2D eigenvalue weighted by molar-refractivity contribution is -0.159. The minimum absolute atomic E-state index is 0.0661. The van der Waals surface area contributed by atoms with Crippen molar-refractivity contribution in [3.05, 3.63) is 39.3 Å². The molecule has 1 aromatic rings. The van der Waals surface area contributed by atoms with Crippen LogP contribution in [0.5, 0.6) is 0 Å². The fourth-order valence-corrected chi connectivity index (χ4v) is 5.24. The van der Waals surface area contributed by atoms with E-state index in [1.807, 2.05) is 12.2 Å². The van der Waals surface area contributed by atoms with E-state index in [2.05, 4.69) is 21.2 Å². The van der Waals surface area contributed by atoms with Gasteiger partial charge in [-0.05, 0) is 65.7 Å². The smallest absolute Gasteiger partial charge is 0.329 e. The van der Waals surface area contributed by atoms with E-state index in [0.717, 1.165) is 11.3 Å². The summed E-state index contributed by atoms with van der Waals surface area (Å²) in [6, 6.07) is 2.30. The van der Waals surface area contributed by atoms with Crippen LogP contribution in [0.25, 0.3) is 0 Å². The molecule has 7 nitrogen and oxygen atoms in total. The van der Waals surface area contributed by atoms with Gasteiger partial charge in [-0.25, -0.2) is 4.79 Å². The van der Waals surface area contributed by atoms with Gasteiger partial charge in [-0.2, -0.15) is 0 Å². The largest absolute Gasteiger partial charge is 0.454 e. The van der Waals surface area contributed by atoms with E-state index in [1.165, 1.54) is 6.92 Å². The number of hydrogen-bond acceptors (Lipinski definition) is 5. The third kappa shape index (κ3) is 3.36. The number of allylic oxidation sites excluding steroid dienone is 2. The standard InChI is InChI=1S/C21H20BrClN2O5/c1-9-14(6-5-13(22)18(9)23)24-15(26)8-30-21(29)10(2)25-19(27)16-11-3-4-12(7-11)17(16)20(25)28/h3-6,10-12,16-17H,7-8H2,1-2H3,(H,24,26)/t10-,11-,12-,16-,17+/m0/s1. The minimum Gasteiger partial charge on any atom is -0.454 e. The van der Waals surface area contributed by atoms with Crippen LogP contribution in [0.15, 0.2) is 28.8 Å². The molecule has 2 fully saturated rings. The number of hydrogen-bond donors (Lipinski definition) is 1. The summed E-state index contributed by atoms with van der Waals surface area (Å²) in [4.78, 5) is 51.2. The van der Waals surface area contributed by atoms with E-state index in [9.17, 15) is 19.2 Å². The predicted molar refractivity (Wildman–Crippen MR) is 113 cm³/mol. The Labute approximate surface area is 186 Å². The van der Waals surface area contributed by atoms with Gasteiger partial charge in [0.1, 0.15) is 6.04 Å². The monoisotopic (exact) mass is 494 g/mol. The Hall–Kier alpha value is -2.19. The zero-order valence-corrected chi connectivity index (χ0v) is 18.7. The van der Waals surface area contributed by atoms with Crippen molar-refractivity contribution in [3.63, 3.8) is 0 Å².